The second-order valence-electron chi connectivity index (χ2n) is 7.10. The number of rotatable bonds is 10. The maximum atomic E-state index is 13.0. The van der Waals surface area contributed by atoms with Crippen molar-refractivity contribution in [2.75, 3.05) is 40.3 Å². The first-order valence-corrected chi connectivity index (χ1v) is 10.8. The van der Waals surface area contributed by atoms with Gasteiger partial charge in [0.25, 0.3) is 0 Å². The second-order valence-corrected chi connectivity index (χ2v) is 7.87. The lowest BCUT2D eigenvalue weighted by molar-refractivity contribution is -0.115. The Morgan fingerprint density at radius 1 is 0.906 bits per heavy atom. The molecule has 2 aromatic rings. The molecule has 0 aromatic heterocycles. The summed E-state index contributed by atoms with van der Waals surface area (Å²) < 4.78 is 0. The Hall–Kier alpha value is -2.94. The summed E-state index contributed by atoms with van der Waals surface area (Å²) in [7, 11) is 3.47. The molecule has 0 heterocycles. The van der Waals surface area contributed by atoms with Crippen molar-refractivity contribution in [1.29, 1.82) is 0 Å². The molecule has 2 aromatic carbocycles. The van der Waals surface area contributed by atoms with Crippen LogP contribution in [0.2, 0.25) is 0 Å². The maximum Gasteiger partial charge on any atom is 0.187 e. The number of ketones is 1. The van der Waals surface area contributed by atoms with E-state index in [9.17, 15) is 9.90 Å². The molecule has 0 saturated heterocycles. The lowest BCUT2D eigenvalue weighted by atomic mass is 10.1. The molecule has 168 valence electrons. The predicted octanol–water partition coefficient (Wildman–Crippen LogP) is 3.05. The van der Waals surface area contributed by atoms with Crippen molar-refractivity contribution in [2.45, 2.75) is 0 Å². The molecule has 0 amide bonds. The van der Waals surface area contributed by atoms with Crippen LogP contribution in [-0.2, 0) is 4.79 Å². The molecule has 0 unspecified atom stereocenters. The predicted molar refractivity (Wildman–Crippen MR) is 137 cm³/mol. The molecular formula is C24H27N3O3S2. The van der Waals surface area contributed by atoms with Gasteiger partial charge in [-0.3, -0.25) is 9.79 Å². The van der Waals surface area contributed by atoms with Crippen LogP contribution in [0, 0.1) is 0 Å². The summed E-state index contributed by atoms with van der Waals surface area (Å²) in [4.78, 5) is 21.5. The second kappa shape index (κ2) is 12.8. The number of hydrogen-bond acceptors (Lipinski definition) is 6. The summed E-state index contributed by atoms with van der Waals surface area (Å²) in [6.07, 6.45) is 1.30. The van der Waals surface area contributed by atoms with E-state index in [0.29, 0.717) is 9.98 Å². The minimum atomic E-state index is -0.344. The highest BCUT2D eigenvalue weighted by Crippen LogP contribution is 2.11. The minimum Gasteiger partial charge on any atom is -0.510 e. The van der Waals surface area contributed by atoms with Crippen molar-refractivity contribution < 1.29 is 15.0 Å². The van der Waals surface area contributed by atoms with Gasteiger partial charge in [-0.25, -0.2) is 0 Å². The third kappa shape index (κ3) is 7.33. The SMILES string of the molecule is CN(CC(=O)C(C=NCCO)=C(O)CN(C)C(=S)c1ccccc1)C(=S)c1ccccc1. The van der Waals surface area contributed by atoms with Gasteiger partial charge in [0.15, 0.2) is 5.78 Å². The Morgan fingerprint density at radius 2 is 1.38 bits per heavy atom. The summed E-state index contributed by atoms with van der Waals surface area (Å²) >= 11 is 11.0. The minimum absolute atomic E-state index is 0.0345. The van der Waals surface area contributed by atoms with Gasteiger partial charge in [-0.1, -0.05) is 85.1 Å². The summed E-state index contributed by atoms with van der Waals surface area (Å²) in [5, 5.41) is 19.8. The highest BCUT2D eigenvalue weighted by atomic mass is 32.1. The van der Waals surface area contributed by atoms with Crippen LogP contribution < -0.4 is 0 Å². The fraction of sp³-hybridized carbons (Fsp3) is 0.250. The summed E-state index contributed by atoms with van der Waals surface area (Å²) in [6, 6.07) is 18.8. The maximum absolute atomic E-state index is 13.0. The zero-order chi connectivity index (χ0) is 23.5. The highest BCUT2D eigenvalue weighted by molar-refractivity contribution is 7.80. The molecule has 0 radical (unpaired) electrons. The van der Waals surface area contributed by atoms with E-state index in [4.69, 9.17) is 29.5 Å². The van der Waals surface area contributed by atoms with Crippen LogP contribution in [0.25, 0.3) is 0 Å². The van der Waals surface area contributed by atoms with Crippen molar-refractivity contribution >= 4 is 46.4 Å². The zero-order valence-corrected chi connectivity index (χ0v) is 19.8. The van der Waals surface area contributed by atoms with Gasteiger partial charge >= 0.3 is 0 Å². The molecule has 0 aliphatic rings. The summed E-state index contributed by atoms with van der Waals surface area (Å²) in [5.41, 5.74) is 1.73. The number of carbonyl (C=O) groups excluding carboxylic acids is 1. The number of thiocarbonyl (C=S) groups is 2. The quantitative estimate of drug-likeness (QED) is 0.240. The third-order valence-corrected chi connectivity index (χ3v) is 5.66. The number of Topliss-reactive ketones (excluding diaryl/α,β-unsaturated/α-hetero) is 1. The molecule has 2 rings (SSSR count). The number of hydrogen-bond donors (Lipinski definition) is 2. The van der Waals surface area contributed by atoms with Crippen LogP contribution in [0.3, 0.4) is 0 Å². The van der Waals surface area contributed by atoms with Crippen molar-refractivity contribution in [3.63, 3.8) is 0 Å². The van der Waals surface area contributed by atoms with E-state index in [2.05, 4.69) is 4.99 Å². The lowest BCUT2D eigenvalue weighted by Crippen LogP contribution is -2.34. The number of likely N-dealkylation sites (N-methyl/N-ethyl adjacent to an activating group) is 2. The van der Waals surface area contributed by atoms with Crippen molar-refractivity contribution in [2.24, 2.45) is 4.99 Å². The Kier molecular flexibility index (Phi) is 10.1. The fourth-order valence-corrected chi connectivity index (χ4v) is 3.28. The molecule has 0 aliphatic carbocycles. The lowest BCUT2D eigenvalue weighted by Gasteiger charge is -2.22. The van der Waals surface area contributed by atoms with E-state index >= 15 is 0 Å². The third-order valence-electron chi connectivity index (χ3n) is 4.56. The van der Waals surface area contributed by atoms with Crippen molar-refractivity contribution in [3.05, 3.63) is 83.1 Å². The Labute approximate surface area is 199 Å². The van der Waals surface area contributed by atoms with Crippen LogP contribution in [0.1, 0.15) is 11.1 Å². The van der Waals surface area contributed by atoms with Crippen LogP contribution >= 0.6 is 24.4 Å². The average Bonchev–Trinajstić information content (AvgIpc) is 2.81. The van der Waals surface area contributed by atoms with E-state index in [1.54, 1.807) is 23.9 Å². The van der Waals surface area contributed by atoms with Gasteiger partial charge < -0.3 is 20.0 Å². The standard InChI is InChI=1S/C24H27N3O3S2/c1-26(23(31)18-9-5-3-6-10-18)16-21(29)20(15-25-13-14-28)22(30)17-27(2)24(32)19-11-7-4-8-12-19/h3-12,15,28-29H,13-14,16-17H2,1-2H3. The van der Waals surface area contributed by atoms with E-state index < -0.39 is 0 Å². The molecule has 0 saturated carbocycles. The number of aliphatic hydroxyl groups excluding tert-OH is 2. The van der Waals surface area contributed by atoms with Gasteiger partial charge in [0.05, 0.1) is 31.8 Å². The number of nitrogens with zero attached hydrogens (tertiary/aromatic N) is 3. The highest BCUT2D eigenvalue weighted by Gasteiger charge is 2.19. The molecule has 0 atom stereocenters. The molecule has 2 N–H and O–H groups in total. The van der Waals surface area contributed by atoms with Gasteiger partial charge in [-0.2, -0.15) is 0 Å². The topological polar surface area (TPSA) is 76.4 Å². The first-order valence-electron chi connectivity index (χ1n) is 10.0. The molecule has 6 nitrogen and oxygen atoms in total. The number of aliphatic imine (C=N–C) groups is 1. The Morgan fingerprint density at radius 3 is 1.84 bits per heavy atom. The molecule has 8 heteroatoms. The van der Waals surface area contributed by atoms with Crippen LogP contribution in [0.4, 0.5) is 0 Å². The Balaban J connectivity index is 2.19. The smallest absolute Gasteiger partial charge is 0.187 e. The fourth-order valence-electron chi connectivity index (χ4n) is 2.88. The number of aliphatic hydroxyl groups is 2. The van der Waals surface area contributed by atoms with E-state index in [1.807, 2.05) is 60.7 Å². The number of benzene rings is 2. The van der Waals surface area contributed by atoms with Crippen LogP contribution in [0.15, 0.2) is 77.0 Å². The van der Waals surface area contributed by atoms with Crippen molar-refractivity contribution in [3.8, 4) is 0 Å². The zero-order valence-electron chi connectivity index (χ0n) is 18.1. The van der Waals surface area contributed by atoms with Crippen LogP contribution in [0.5, 0.6) is 0 Å². The van der Waals surface area contributed by atoms with Gasteiger partial charge in [0.1, 0.15) is 15.7 Å². The van der Waals surface area contributed by atoms with Crippen molar-refractivity contribution in [1.82, 2.24) is 9.80 Å². The average molecular weight is 470 g/mol. The van der Waals surface area contributed by atoms with Gasteiger partial charge in [-0.05, 0) is 0 Å². The van der Waals surface area contributed by atoms with Crippen LogP contribution in [-0.4, -0.2) is 82.3 Å². The van der Waals surface area contributed by atoms with E-state index in [1.165, 1.54) is 6.21 Å². The summed E-state index contributed by atoms with van der Waals surface area (Å²) in [5.74, 6) is -0.500. The van der Waals surface area contributed by atoms with Gasteiger partial charge in [0.2, 0.25) is 0 Å². The summed E-state index contributed by atoms with van der Waals surface area (Å²) in [6.45, 7) is -0.0345. The molecular weight excluding hydrogens is 442 g/mol. The Bertz CT molecular complexity index is 992. The largest absolute Gasteiger partial charge is 0.510 e. The first-order chi connectivity index (χ1) is 15.3. The van der Waals surface area contributed by atoms with Gasteiger partial charge in [0, 0.05) is 31.4 Å². The normalized spacial score (nSPS) is 11.7. The molecule has 32 heavy (non-hydrogen) atoms. The molecule has 0 aliphatic heterocycles. The first kappa shape index (κ1) is 25.3. The van der Waals surface area contributed by atoms with E-state index in [0.717, 1.165) is 11.1 Å². The number of carbonyl (C=O) groups is 1. The van der Waals surface area contributed by atoms with E-state index in [-0.39, 0.29) is 43.4 Å². The molecule has 0 spiro atoms. The van der Waals surface area contributed by atoms with Gasteiger partial charge in [-0.15, -0.1) is 0 Å². The molecule has 0 bridgehead atoms. The molecule has 0 fully saturated rings. The monoisotopic (exact) mass is 469 g/mol.